The van der Waals surface area contributed by atoms with E-state index in [0.717, 1.165) is 23.3 Å². The number of ether oxygens (including phenoxy) is 1. The third kappa shape index (κ3) is 5.22. The molecule has 116 valence electrons. The average molecular weight is 298 g/mol. The molecule has 2 N–H and O–H groups in total. The van der Waals surface area contributed by atoms with Crippen molar-refractivity contribution in [2.45, 2.75) is 32.9 Å². The van der Waals surface area contributed by atoms with Crippen LogP contribution in [-0.4, -0.2) is 5.91 Å². The second-order valence-corrected chi connectivity index (χ2v) is 5.03. The Labute approximate surface area is 131 Å². The van der Waals surface area contributed by atoms with E-state index in [0.29, 0.717) is 19.6 Å². The van der Waals surface area contributed by atoms with E-state index in [1.165, 1.54) is 0 Å². The molecule has 0 saturated heterocycles. The van der Waals surface area contributed by atoms with Crippen LogP contribution in [0, 0.1) is 0 Å². The highest BCUT2D eigenvalue weighted by Gasteiger charge is 2.04. The fraction of sp³-hybridized carbons (Fsp3) is 0.278. The van der Waals surface area contributed by atoms with E-state index in [-0.39, 0.29) is 5.91 Å². The predicted molar refractivity (Wildman–Crippen MR) is 87.1 cm³/mol. The lowest BCUT2D eigenvalue weighted by Crippen LogP contribution is -2.36. The zero-order valence-electron chi connectivity index (χ0n) is 12.8. The molecule has 0 spiro atoms. The zero-order chi connectivity index (χ0) is 15.6. The van der Waals surface area contributed by atoms with Crippen molar-refractivity contribution in [3.05, 3.63) is 65.7 Å². The Morgan fingerprint density at radius 1 is 1.05 bits per heavy atom. The Morgan fingerprint density at radius 2 is 1.77 bits per heavy atom. The average Bonchev–Trinajstić information content (AvgIpc) is 2.55. The molecule has 4 heteroatoms. The molecule has 2 aromatic rings. The molecule has 0 aromatic heterocycles. The number of nitrogens with one attached hydrogen (secondary N) is 2. The second kappa shape index (κ2) is 8.85. The van der Waals surface area contributed by atoms with Crippen molar-refractivity contribution in [2.24, 2.45) is 0 Å². The first kappa shape index (κ1) is 16.0. The first-order valence-corrected chi connectivity index (χ1v) is 7.56. The Hall–Kier alpha value is -2.33. The molecule has 0 aliphatic rings. The lowest BCUT2D eigenvalue weighted by atomic mass is 10.2. The van der Waals surface area contributed by atoms with Gasteiger partial charge in [-0.15, -0.1) is 0 Å². The molecule has 2 aromatic carbocycles. The highest BCUT2D eigenvalue weighted by Crippen LogP contribution is 2.19. The molecule has 0 unspecified atom stereocenters. The Balaban J connectivity index is 1.88. The van der Waals surface area contributed by atoms with Gasteiger partial charge in [0, 0.05) is 18.5 Å². The van der Waals surface area contributed by atoms with E-state index >= 15 is 0 Å². The van der Waals surface area contributed by atoms with Crippen LogP contribution in [0.25, 0.3) is 0 Å². The van der Waals surface area contributed by atoms with Gasteiger partial charge < -0.3 is 4.74 Å². The number of benzene rings is 2. The number of hydrogen-bond donors (Lipinski definition) is 2. The van der Waals surface area contributed by atoms with E-state index in [1.54, 1.807) is 0 Å². The Kier molecular flexibility index (Phi) is 6.45. The monoisotopic (exact) mass is 298 g/mol. The topological polar surface area (TPSA) is 50.4 Å². The summed E-state index contributed by atoms with van der Waals surface area (Å²) >= 11 is 0. The third-order valence-electron chi connectivity index (χ3n) is 3.19. The third-order valence-corrected chi connectivity index (χ3v) is 3.19. The van der Waals surface area contributed by atoms with E-state index in [1.807, 2.05) is 61.5 Å². The molecule has 0 aliphatic heterocycles. The lowest BCUT2D eigenvalue weighted by molar-refractivity contribution is -0.122. The van der Waals surface area contributed by atoms with Gasteiger partial charge in [0.05, 0.1) is 0 Å². The minimum Gasteiger partial charge on any atom is -0.489 e. The summed E-state index contributed by atoms with van der Waals surface area (Å²) < 4.78 is 5.88. The van der Waals surface area contributed by atoms with Crippen molar-refractivity contribution in [3.8, 4) is 5.75 Å². The summed E-state index contributed by atoms with van der Waals surface area (Å²) in [6.45, 7) is 3.03. The lowest BCUT2D eigenvalue weighted by Gasteiger charge is -2.12. The van der Waals surface area contributed by atoms with E-state index in [9.17, 15) is 4.79 Å². The molecule has 0 fully saturated rings. The quantitative estimate of drug-likeness (QED) is 0.736. The molecule has 1 amide bonds. The standard InChI is InChI=1S/C18H22N2O2/c1-2-8-18(21)20-19-13-16-11-6-7-12-17(16)22-14-15-9-4-3-5-10-15/h3-7,9-12,19H,2,8,13-14H2,1H3,(H,20,21). The first-order chi connectivity index (χ1) is 10.8. The maximum Gasteiger partial charge on any atom is 0.234 e. The van der Waals surface area contributed by atoms with Gasteiger partial charge in [-0.2, -0.15) is 0 Å². The summed E-state index contributed by atoms with van der Waals surface area (Å²) in [5.41, 5.74) is 7.77. The fourth-order valence-corrected chi connectivity index (χ4v) is 2.05. The van der Waals surface area contributed by atoms with Gasteiger partial charge in [-0.25, -0.2) is 5.43 Å². The highest BCUT2D eigenvalue weighted by molar-refractivity contribution is 5.75. The van der Waals surface area contributed by atoms with Crippen LogP contribution in [-0.2, 0) is 17.9 Å². The molecule has 0 radical (unpaired) electrons. The maximum absolute atomic E-state index is 11.4. The van der Waals surface area contributed by atoms with Crippen LogP contribution in [0.2, 0.25) is 0 Å². The number of rotatable bonds is 8. The highest BCUT2D eigenvalue weighted by atomic mass is 16.5. The largest absolute Gasteiger partial charge is 0.489 e. The summed E-state index contributed by atoms with van der Waals surface area (Å²) in [7, 11) is 0. The summed E-state index contributed by atoms with van der Waals surface area (Å²) in [6, 6.07) is 17.9. The van der Waals surface area contributed by atoms with Crippen LogP contribution in [0.15, 0.2) is 54.6 Å². The van der Waals surface area contributed by atoms with Crippen LogP contribution in [0.4, 0.5) is 0 Å². The smallest absolute Gasteiger partial charge is 0.234 e. The van der Waals surface area contributed by atoms with Crippen molar-refractivity contribution < 1.29 is 9.53 Å². The van der Waals surface area contributed by atoms with Gasteiger partial charge in [-0.1, -0.05) is 55.5 Å². The number of carbonyl (C=O) groups is 1. The molecule has 0 atom stereocenters. The molecule has 0 heterocycles. The first-order valence-electron chi connectivity index (χ1n) is 7.56. The molecule has 4 nitrogen and oxygen atoms in total. The Morgan fingerprint density at radius 3 is 2.55 bits per heavy atom. The number of carbonyl (C=O) groups excluding carboxylic acids is 1. The predicted octanol–water partition coefficient (Wildman–Crippen LogP) is 3.19. The van der Waals surface area contributed by atoms with Gasteiger partial charge in [-0.3, -0.25) is 10.2 Å². The summed E-state index contributed by atoms with van der Waals surface area (Å²) in [6.07, 6.45) is 1.36. The normalized spacial score (nSPS) is 10.2. The van der Waals surface area contributed by atoms with Crippen LogP contribution >= 0.6 is 0 Å². The van der Waals surface area contributed by atoms with Crippen molar-refractivity contribution in [3.63, 3.8) is 0 Å². The van der Waals surface area contributed by atoms with E-state index in [4.69, 9.17) is 4.74 Å². The summed E-state index contributed by atoms with van der Waals surface area (Å²) in [5.74, 6) is 0.828. The maximum atomic E-state index is 11.4. The van der Waals surface area contributed by atoms with Crippen LogP contribution in [0.3, 0.4) is 0 Å². The van der Waals surface area contributed by atoms with E-state index < -0.39 is 0 Å². The van der Waals surface area contributed by atoms with Gasteiger partial charge in [0.1, 0.15) is 12.4 Å². The summed E-state index contributed by atoms with van der Waals surface area (Å²) in [5, 5.41) is 0. The van der Waals surface area contributed by atoms with Crippen molar-refractivity contribution >= 4 is 5.91 Å². The minimum absolute atomic E-state index is 0.00480. The molecule has 0 saturated carbocycles. The molecular weight excluding hydrogens is 276 g/mol. The van der Waals surface area contributed by atoms with Gasteiger partial charge in [0.2, 0.25) is 5.91 Å². The summed E-state index contributed by atoms with van der Waals surface area (Å²) in [4.78, 5) is 11.4. The van der Waals surface area contributed by atoms with Crippen molar-refractivity contribution in [1.29, 1.82) is 0 Å². The van der Waals surface area contributed by atoms with Crippen LogP contribution in [0.1, 0.15) is 30.9 Å². The van der Waals surface area contributed by atoms with Crippen LogP contribution in [0.5, 0.6) is 5.75 Å². The van der Waals surface area contributed by atoms with Gasteiger partial charge >= 0.3 is 0 Å². The number of amides is 1. The van der Waals surface area contributed by atoms with Gasteiger partial charge in [0.15, 0.2) is 0 Å². The van der Waals surface area contributed by atoms with Crippen LogP contribution < -0.4 is 15.6 Å². The SMILES string of the molecule is CCCC(=O)NNCc1ccccc1OCc1ccccc1. The molecule has 22 heavy (non-hydrogen) atoms. The molecule has 2 rings (SSSR count). The van der Waals surface area contributed by atoms with Crippen molar-refractivity contribution in [2.75, 3.05) is 0 Å². The molecule has 0 aliphatic carbocycles. The molecule has 0 bridgehead atoms. The fourth-order valence-electron chi connectivity index (χ4n) is 2.05. The zero-order valence-corrected chi connectivity index (χ0v) is 12.8. The van der Waals surface area contributed by atoms with E-state index in [2.05, 4.69) is 10.9 Å². The van der Waals surface area contributed by atoms with Gasteiger partial charge in [-0.05, 0) is 18.1 Å². The van der Waals surface area contributed by atoms with Crippen molar-refractivity contribution in [1.82, 2.24) is 10.9 Å². The Bertz CT molecular complexity index is 585. The number of hydrazine groups is 1. The number of para-hydroxylation sites is 1. The molecular formula is C18H22N2O2. The van der Waals surface area contributed by atoms with Gasteiger partial charge in [0.25, 0.3) is 0 Å². The minimum atomic E-state index is 0.00480. The number of hydrogen-bond acceptors (Lipinski definition) is 3. The second-order valence-electron chi connectivity index (χ2n) is 5.03.